The number of ketones is 1. The highest BCUT2D eigenvalue weighted by molar-refractivity contribution is 5.88. The zero-order valence-corrected chi connectivity index (χ0v) is 16.2. The van der Waals surface area contributed by atoms with Crippen LogP contribution in [0.1, 0.15) is 29.9 Å². The molecule has 1 aliphatic rings. The summed E-state index contributed by atoms with van der Waals surface area (Å²) in [6.07, 6.45) is -0.950. The first kappa shape index (κ1) is 21.0. The number of carbonyl (C=O) groups excluding carboxylic acids is 3. The molecule has 2 aromatic carbocycles. The van der Waals surface area contributed by atoms with Gasteiger partial charge in [0.1, 0.15) is 13.2 Å². The van der Waals surface area contributed by atoms with Gasteiger partial charge in [-0.2, -0.15) is 0 Å². The number of benzene rings is 2. The van der Waals surface area contributed by atoms with Crippen molar-refractivity contribution in [2.75, 3.05) is 19.7 Å². The van der Waals surface area contributed by atoms with Gasteiger partial charge in [-0.1, -0.05) is 48.5 Å². The summed E-state index contributed by atoms with van der Waals surface area (Å²) < 4.78 is 5.33. The van der Waals surface area contributed by atoms with Gasteiger partial charge in [-0.25, -0.2) is 4.79 Å². The number of carboxylic acid groups (broad SMARTS) is 1. The van der Waals surface area contributed by atoms with Gasteiger partial charge >= 0.3 is 12.1 Å². The second-order valence-corrected chi connectivity index (χ2v) is 6.89. The first-order valence-electron chi connectivity index (χ1n) is 9.54. The van der Waals surface area contributed by atoms with Crippen LogP contribution in [-0.4, -0.2) is 48.6 Å². The van der Waals surface area contributed by atoms with Crippen molar-refractivity contribution in [2.45, 2.75) is 18.8 Å². The Kier molecular flexibility index (Phi) is 6.79. The number of fused-ring (bicyclic) bond motifs is 3. The fraction of sp³-hybridized carbons (Fsp3) is 0.273. The van der Waals surface area contributed by atoms with E-state index in [1.165, 1.54) is 0 Å². The van der Waals surface area contributed by atoms with Crippen molar-refractivity contribution in [3.63, 3.8) is 0 Å². The molecule has 0 fully saturated rings. The first-order chi connectivity index (χ1) is 14.5. The number of ether oxygens (including phenoxy) is 1. The Labute approximate surface area is 173 Å². The Morgan fingerprint density at radius 2 is 1.43 bits per heavy atom. The van der Waals surface area contributed by atoms with Gasteiger partial charge < -0.3 is 20.5 Å². The minimum absolute atomic E-state index is 0.0724. The minimum atomic E-state index is -1.16. The van der Waals surface area contributed by atoms with Gasteiger partial charge in [0.2, 0.25) is 5.91 Å². The molecule has 3 rings (SSSR count). The Hall–Kier alpha value is -3.68. The van der Waals surface area contributed by atoms with Crippen LogP contribution in [0, 0.1) is 0 Å². The molecular formula is C22H22N2O6. The van der Waals surface area contributed by atoms with E-state index in [4.69, 9.17) is 9.84 Å². The molecule has 156 valence electrons. The number of hydrogen-bond acceptors (Lipinski definition) is 5. The van der Waals surface area contributed by atoms with Crippen molar-refractivity contribution in [3.8, 4) is 11.1 Å². The van der Waals surface area contributed by atoms with E-state index in [9.17, 15) is 19.2 Å². The number of rotatable bonds is 9. The van der Waals surface area contributed by atoms with Crippen LogP contribution in [0.5, 0.6) is 0 Å². The van der Waals surface area contributed by atoms with Crippen molar-refractivity contribution in [1.82, 2.24) is 10.6 Å². The molecule has 8 nitrogen and oxygen atoms in total. The number of Topliss-reactive ketones (excluding diaryl/α,β-unsaturated/α-hetero) is 1. The molecule has 0 bridgehead atoms. The van der Waals surface area contributed by atoms with Gasteiger partial charge in [0.15, 0.2) is 5.78 Å². The largest absolute Gasteiger partial charge is 0.480 e. The molecule has 0 aromatic heterocycles. The van der Waals surface area contributed by atoms with Crippen molar-refractivity contribution in [3.05, 3.63) is 59.7 Å². The quantitative estimate of drug-likeness (QED) is 0.582. The fourth-order valence-corrected chi connectivity index (χ4v) is 3.42. The predicted molar refractivity (Wildman–Crippen MR) is 108 cm³/mol. The summed E-state index contributed by atoms with van der Waals surface area (Å²) in [7, 11) is 0. The summed E-state index contributed by atoms with van der Waals surface area (Å²) in [6.45, 7) is -0.612. The van der Waals surface area contributed by atoms with Crippen LogP contribution in [0.4, 0.5) is 4.79 Å². The van der Waals surface area contributed by atoms with E-state index >= 15 is 0 Å². The number of aliphatic carboxylic acids is 1. The Morgan fingerprint density at radius 1 is 0.833 bits per heavy atom. The van der Waals surface area contributed by atoms with Crippen molar-refractivity contribution >= 4 is 23.8 Å². The molecule has 0 saturated heterocycles. The number of alkyl carbamates (subject to hydrolysis) is 1. The lowest BCUT2D eigenvalue weighted by atomic mass is 9.98. The molecule has 3 N–H and O–H groups in total. The van der Waals surface area contributed by atoms with E-state index in [2.05, 4.69) is 10.6 Å². The summed E-state index contributed by atoms with van der Waals surface area (Å²) in [5.41, 5.74) is 4.43. The average molecular weight is 410 g/mol. The third kappa shape index (κ3) is 5.22. The molecule has 0 radical (unpaired) electrons. The zero-order valence-electron chi connectivity index (χ0n) is 16.2. The van der Waals surface area contributed by atoms with Gasteiger partial charge in [-0.05, 0) is 22.3 Å². The van der Waals surface area contributed by atoms with Crippen LogP contribution < -0.4 is 10.6 Å². The monoisotopic (exact) mass is 410 g/mol. The predicted octanol–water partition coefficient (Wildman–Crippen LogP) is 2.08. The third-order valence-corrected chi connectivity index (χ3v) is 4.84. The van der Waals surface area contributed by atoms with E-state index < -0.39 is 24.5 Å². The molecule has 0 saturated carbocycles. The molecule has 0 unspecified atom stereocenters. The normalized spacial score (nSPS) is 11.9. The maximum Gasteiger partial charge on any atom is 0.407 e. The van der Waals surface area contributed by atoms with E-state index in [0.717, 1.165) is 22.3 Å². The standard InChI is InChI=1S/C22H22N2O6/c25-14(9-10-20(26)23-12-21(27)28)11-24-22(29)30-13-19-17-7-3-1-5-15(17)16-6-2-4-8-18(16)19/h1-8,19H,9-13H2,(H,23,26)(H,24,29)(H,27,28). The highest BCUT2D eigenvalue weighted by atomic mass is 16.5. The van der Waals surface area contributed by atoms with Gasteiger partial charge in [-0.15, -0.1) is 0 Å². The number of carbonyl (C=O) groups is 4. The third-order valence-electron chi connectivity index (χ3n) is 4.84. The molecule has 1 aliphatic carbocycles. The van der Waals surface area contributed by atoms with Crippen LogP contribution in [0.15, 0.2) is 48.5 Å². The van der Waals surface area contributed by atoms with E-state index in [-0.39, 0.29) is 37.7 Å². The second kappa shape index (κ2) is 9.69. The van der Waals surface area contributed by atoms with Gasteiger partial charge in [0, 0.05) is 18.8 Å². The topological polar surface area (TPSA) is 122 Å². The maximum atomic E-state index is 12.0. The number of carboxylic acids is 1. The van der Waals surface area contributed by atoms with Crippen LogP contribution in [0.2, 0.25) is 0 Å². The zero-order chi connectivity index (χ0) is 21.5. The van der Waals surface area contributed by atoms with E-state index in [0.29, 0.717) is 0 Å². The maximum absolute atomic E-state index is 12.0. The van der Waals surface area contributed by atoms with Crippen molar-refractivity contribution < 1.29 is 29.0 Å². The molecule has 0 atom stereocenters. The molecular weight excluding hydrogens is 388 g/mol. The van der Waals surface area contributed by atoms with E-state index in [1.54, 1.807) is 0 Å². The summed E-state index contributed by atoms with van der Waals surface area (Å²) in [6, 6.07) is 15.9. The van der Waals surface area contributed by atoms with Gasteiger partial charge in [0.05, 0.1) is 6.54 Å². The molecule has 2 aromatic rings. The molecule has 0 spiro atoms. The molecule has 0 heterocycles. The van der Waals surface area contributed by atoms with E-state index in [1.807, 2.05) is 48.5 Å². The lowest BCUT2D eigenvalue weighted by molar-refractivity contribution is -0.138. The highest BCUT2D eigenvalue weighted by Gasteiger charge is 2.29. The Balaban J connectivity index is 1.45. The average Bonchev–Trinajstić information content (AvgIpc) is 3.07. The van der Waals surface area contributed by atoms with Crippen LogP contribution in [0.3, 0.4) is 0 Å². The SMILES string of the molecule is O=C(O)CNC(=O)CCC(=O)CNC(=O)OCC1c2ccccc2-c2ccccc21. The number of hydrogen-bond donors (Lipinski definition) is 3. The Bertz CT molecular complexity index is 926. The fourth-order valence-electron chi connectivity index (χ4n) is 3.42. The molecule has 8 heteroatoms. The smallest absolute Gasteiger partial charge is 0.407 e. The van der Waals surface area contributed by atoms with Crippen LogP contribution in [0.25, 0.3) is 11.1 Å². The minimum Gasteiger partial charge on any atom is -0.480 e. The summed E-state index contributed by atoms with van der Waals surface area (Å²) in [5.74, 6) is -2.12. The van der Waals surface area contributed by atoms with Crippen molar-refractivity contribution in [1.29, 1.82) is 0 Å². The number of amides is 2. The highest BCUT2D eigenvalue weighted by Crippen LogP contribution is 2.44. The number of nitrogens with one attached hydrogen (secondary N) is 2. The van der Waals surface area contributed by atoms with Crippen LogP contribution >= 0.6 is 0 Å². The summed E-state index contributed by atoms with van der Waals surface area (Å²) in [5, 5.41) is 13.0. The Morgan fingerprint density at radius 3 is 2.03 bits per heavy atom. The lowest BCUT2D eigenvalue weighted by Crippen LogP contribution is -2.32. The van der Waals surface area contributed by atoms with Gasteiger partial charge in [-0.3, -0.25) is 14.4 Å². The lowest BCUT2D eigenvalue weighted by Gasteiger charge is -2.14. The van der Waals surface area contributed by atoms with Gasteiger partial charge in [0.25, 0.3) is 0 Å². The second-order valence-electron chi connectivity index (χ2n) is 6.89. The molecule has 0 aliphatic heterocycles. The first-order valence-corrected chi connectivity index (χ1v) is 9.54. The molecule has 30 heavy (non-hydrogen) atoms. The van der Waals surface area contributed by atoms with Crippen molar-refractivity contribution in [2.24, 2.45) is 0 Å². The van der Waals surface area contributed by atoms with Crippen LogP contribution in [-0.2, 0) is 19.1 Å². The summed E-state index contributed by atoms with van der Waals surface area (Å²) >= 11 is 0. The summed E-state index contributed by atoms with van der Waals surface area (Å²) in [4.78, 5) is 45.6. The molecule has 2 amide bonds.